The van der Waals surface area contributed by atoms with E-state index in [2.05, 4.69) is 5.32 Å². The molecule has 2 aromatic carbocycles. The first-order chi connectivity index (χ1) is 14.6. The zero-order chi connectivity index (χ0) is 22.8. The lowest BCUT2D eigenvalue weighted by molar-refractivity contribution is -0.137. The number of nitrogens with zero attached hydrogens (tertiary/aromatic N) is 1. The van der Waals surface area contributed by atoms with Gasteiger partial charge in [0.25, 0.3) is 5.91 Å². The number of hydrogen-bond acceptors (Lipinski definition) is 3. The topological polar surface area (TPSA) is 66.0 Å². The molecule has 4 nitrogen and oxygen atoms in total. The molecule has 0 radical (unpaired) electrons. The molecule has 0 unspecified atom stereocenters. The van der Waals surface area contributed by atoms with Crippen LogP contribution < -0.4 is 5.32 Å². The van der Waals surface area contributed by atoms with Crippen molar-refractivity contribution in [3.8, 4) is 17.4 Å². The van der Waals surface area contributed by atoms with Crippen LogP contribution >= 0.6 is 34.8 Å². The molecule has 1 N–H and O–H groups in total. The first-order valence-corrected chi connectivity index (χ1v) is 9.57. The van der Waals surface area contributed by atoms with Crippen molar-refractivity contribution in [2.45, 2.75) is 6.18 Å². The number of hydrogen-bond donors (Lipinski definition) is 1. The molecule has 0 aliphatic carbocycles. The Morgan fingerprint density at radius 3 is 2.35 bits per heavy atom. The summed E-state index contributed by atoms with van der Waals surface area (Å²) in [6.45, 7) is 0. The van der Waals surface area contributed by atoms with Gasteiger partial charge >= 0.3 is 6.18 Å². The largest absolute Gasteiger partial charge is 0.457 e. The molecule has 10 heteroatoms. The number of furan rings is 1. The van der Waals surface area contributed by atoms with Crippen LogP contribution in [0.1, 0.15) is 11.3 Å². The highest BCUT2D eigenvalue weighted by Crippen LogP contribution is 2.36. The number of halogens is 6. The molecule has 0 bridgehead atoms. The maximum atomic E-state index is 13.0. The standard InChI is InChI=1S/C21H10Cl3F3N2O2/c22-16-5-2-13(9-15(16)21(25,26)27)29-20(30)12(10-28)7-14-3-6-19(31-14)11-1-4-17(23)18(24)8-11/h1-9H,(H,29,30). The van der Waals surface area contributed by atoms with Crippen LogP contribution in [-0.4, -0.2) is 5.91 Å². The molecule has 0 aliphatic rings. The fourth-order valence-electron chi connectivity index (χ4n) is 2.54. The Hall–Kier alpha value is -2.92. The number of carbonyl (C=O) groups excluding carboxylic acids is 1. The fourth-order valence-corrected chi connectivity index (χ4v) is 3.07. The lowest BCUT2D eigenvalue weighted by atomic mass is 10.1. The van der Waals surface area contributed by atoms with E-state index in [0.717, 1.165) is 12.1 Å². The van der Waals surface area contributed by atoms with E-state index >= 15 is 0 Å². The van der Waals surface area contributed by atoms with Crippen molar-refractivity contribution < 1.29 is 22.4 Å². The minimum Gasteiger partial charge on any atom is -0.457 e. The molecule has 1 amide bonds. The number of anilines is 1. The van der Waals surface area contributed by atoms with Crippen LogP contribution in [-0.2, 0) is 11.0 Å². The maximum Gasteiger partial charge on any atom is 0.417 e. The summed E-state index contributed by atoms with van der Waals surface area (Å²) < 4.78 is 44.5. The number of rotatable bonds is 4. The zero-order valence-corrected chi connectivity index (χ0v) is 17.5. The van der Waals surface area contributed by atoms with E-state index in [9.17, 15) is 23.2 Å². The van der Waals surface area contributed by atoms with Gasteiger partial charge in [-0.1, -0.05) is 34.8 Å². The normalized spacial score (nSPS) is 11.8. The zero-order valence-electron chi connectivity index (χ0n) is 15.2. The smallest absolute Gasteiger partial charge is 0.417 e. The molecule has 0 fully saturated rings. The van der Waals surface area contributed by atoms with Crippen molar-refractivity contribution in [2.75, 3.05) is 5.32 Å². The monoisotopic (exact) mass is 484 g/mol. The van der Waals surface area contributed by atoms with Crippen molar-refractivity contribution in [3.63, 3.8) is 0 Å². The summed E-state index contributed by atoms with van der Waals surface area (Å²) in [7, 11) is 0. The Morgan fingerprint density at radius 2 is 1.71 bits per heavy atom. The molecule has 3 rings (SSSR count). The van der Waals surface area contributed by atoms with Crippen LogP contribution in [0.25, 0.3) is 17.4 Å². The summed E-state index contributed by atoms with van der Waals surface area (Å²) in [5, 5.41) is 11.7. The molecule has 0 atom stereocenters. The van der Waals surface area contributed by atoms with Crippen LogP contribution in [0.15, 0.2) is 58.5 Å². The Morgan fingerprint density at radius 1 is 1.00 bits per heavy atom. The van der Waals surface area contributed by atoms with Crippen molar-refractivity contribution >= 4 is 52.5 Å². The highest BCUT2D eigenvalue weighted by Gasteiger charge is 2.33. The van der Waals surface area contributed by atoms with Gasteiger partial charge in [-0.2, -0.15) is 18.4 Å². The average molecular weight is 486 g/mol. The van der Waals surface area contributed by atoms with Gasteiger partial charge in [-0.25, -0.2) is 0 Å². The molecule has 0 saturated heterocycles. The minimum atomic E-state index is -4.69. The molecular formula is C21H10Cl3F3N2O2. The van der Waals surface area contributed by atoms with Gasteiger partial charge in [-0.3, -0.25) is 4.79 Å². The quantitative estimate of drug-likeness (QED) is 0.308. The molecule has 3 aromatic rings. The van der Waals surface area contributed by atoms with Gasteiger partial charge in [-0.15, -0.1) is 0 Å². The first-order valence-electron chi connectivity index (χ1n) is 8.43. The molecule has 31 heavy (non-hydrogen) atoms. The van der Waals surface area contributed by atoms with Gasteiger partial charge in [-0.05, 0) is 48.5 Å². The summed E-state index contributed by atoms with van der Waals surface area (Å²) in [5.74, 6) is -0.319. The lowest BCUT2D eigenvalue weighted by Gasteiger charge is -2.11. The van der Waals surface area contributed by atoms with Crippen molar-refractivity contribution in [1.82, 2.24) is 0 Å². The molecule has 1 heterocycles. The summed E-state index contributed by atoms with van der Waals surface area (Å²) >= 11 is 17.4. The van der Waals surface area contributed by atoms with Crippen LogP contribution in [0.3, 0.4) is 0 Å². The predicted molar refractivity (Wildman–Crippen MR) is 113 cm³/mol. The van der Waals surface area contributed by atoms with Crippen LogP contribution in [0.4, 0.5) is 18.9 Å². The van der Waals surface area contributed by atoms with Gasteiger partial charge in [0.2, 0.25) is 0 Å². The third-order valence-electron chi connectivity index (χ3n) is 4.01. The van der Waals surface area contributed by atoms with Crippen molar-refractivity contribution in [3.05, 3.63) is 80.5 Å². The third-order valence-corrected chi connectivity index (χ3v) is 5.08. The van der Waals surface area contributed by atoms with E-state index in [4.69, 9.17) is 39.2 Å². The molecule has 0 saturated carbocycles. The molecule has 158 valence electrons. The van der Waals surface area contributed by atoms with Crippen LogP contribution in [0.2, 0.25) is 15.1 Å². The van der Waals surface area contributed by atoms with Crippen molar-refractivity contribution in [2.24, 2.45) is 0 Å². The highest BCUT2D eigenvalue weighted by molar-refractivity contribution is 6.42. The first kappa shape index (κ1) is 22.8. The number of alkyl halides is 3. The Bertz CT molecular complexity index is 1230. The Kier molecular flexibility index (Phi) is 6.65. The maximum absolute atomic E-state index is 13.0. The fraction of sp³-hybridized carbons (Fsp3) is 0.0476. The lowest BCUT2D eigenvalue weighted by Crippen LogP contribution is -2.14. The van der Waals surface area contributed by atoms with Gasteiger partial charge in [0.05, 0.1) is 20.6 Å². The Balaban J connectivity index is 1.83. The van der Waals surface area contributed by atoms with Gasteiger partial charge in [0, 0.05) is 17.3 Å². The second-order valence-electron chi connectivity index (χ2n) is 6.15. The number of benzene rings is 2. The third kappa shape index (κ3) is 5.42. The van der Waals surface area contributed by atoms with Gasteiger partial charge in [0.15, 0.2) is 0 Å². The van der Waals surface area contributed by atoms with E-state index in [-0.39, 0.29) is 17.0 Å². The van der Waals surface area contributed by atoms with E-state index in [1.165, 1.54) is 12.1 Å². The van der Waals surface area contributed by atoms with E-state index in [1.54, 1.807) is 30.3 Å². The summed E-state index contributed by atoms with van der Waals surface area (Å²) in [6.07, 6.45) is -3.53. The number of nitrogens with one attached hydrogen (secondary N) is 1. The predicted octanol–water partition coefficient (Wildman–Crippen LogP) is 7.47. The van der Waals surface area contributed by atoms with Gasteiger partial charge < -0.3 is 9.73 Å². The van der Waals surface area contributed by atoms with E-state index in [0.29, 0.717) is 27.4 Å². The van der Waals surface area contributed by atoms with Crippen molar-refractivity contribution in [1.29, 1.82) is 5.26 Å². The van der Waals surface area contributed by atoms with Gasteiger partial charge in [0.1, 0.15) is 23.2 Å². The second-order valence-corrected chi connectivity index (χ2v) is 7.37. The van der Waals surface area contributed by atoms with Crippen LogP contribution in [0.5, 0.6) is 0 Å². The minimum absolute atomic E-state index is 0.168. The SMILES string of the molecule is N#CC(=Cc1ccc(-c2ccc(Cl)c(Cl)c2)o1)C(=O)Nc1ccc(Cl)c(C(F)(F)F)c1. The number of amides is 1. The summed E-state index contributed by atoms with van der Waals surface area (Å²) in [6, 6.07) is 12.6. The highest BCUT2D eigenvalue weighted by atomic mass is 35.5. The van der Waals surface area contributed by atoms with Crippen LogP contribution in [0, 0.1) is 11.3 Å². The molecular weight excluding hydrogens is 476 g/mol. The average Bonchev–Trinajstić information content (AvgIpc) is 3.17. The van der Waals surface area contributed by atoms with E-state index in [1.807, 2.05) is 0 Å². The number of nitriles is 1. The second kappa shape index (κ2) is 9.06. The Labute approximate surface area is 189 Å². The number of carbonyl (C=O) groups is 1. The summed E-state index contributed by atoms with van der Waals surface area (Å²) in [5.41, 5.74) is -1.03. The molecule has 0 aliphatic heterocycles. The molecule has 1 aromatic heterocycles. The molecule has 0 spiro atoms. The van der Waals surface area contributed by atoms with E-state index < -0.39 is 22.7 Å². The summed E-state index contributed by atoms with van der Waals surface area (Å²) in [4.78, 5) is 12.4.